The average molecular weight is 354 g/mol. The van der Waals surface area contributed by atoms with Gasteiger partial charge < -0.3 is 4.74 Å². The van der Waals surface area contributed by atoms with Gasteiger partial charge in [-0.1, -0.05) is 15.9 Å². The zero-order valence-corrected chi connectivity index (χ0v) is 12.4. The van der Waals surface area contributed by atoms with Gasteiger partial charge in [0.1, 0.15) is 11.6 Å². The fraction of sp³-hybridized carbons (Fsp3) is 0.0714. The monoisotopic (exact) mass is 353 g/mol. The maximum atomic E-state index is 13.6. The van der Waals surface area contributed by atoms with E-state index in [2.05, 4.69) is 15.9 Å². The van der Waals surface area contributed by atoms with Crippen LogP contribution in [0.2, 0.25) is 0 Å². The summed E-state index contributed by atoms with van der Waals surface area (Å²) in [4.78, 5) is 22.0. The predicted molar refractivity (Wildman–Crippen MR) is 76.9 cm³/mol. The van der Waals surface area contributed by atoms with Gasteiger partial charge in [-0.25, -0.2) is 9.18 Å². The molecule has 0 saturated carbocycles. The second kappa shape index (κ2) is 6.01. The van der Waals surface area contributed by atoms with Crippen LogP contribution in [-0.2, 0) is 0 Å². The van der Waals surface area contributed by atoms with Crippen molar-refractivity contribution >= 4 is 27.6 Å². The van der Waals surface area contributed by atoms with Crippen LogP contribution in [0.4, 0.5) is 10.1 Å². The largest absolute Gasteiger partial charge is 0.423 e. The highest BCUT2D eigenvalue weighted by Gasteiger charge is 2.16. The molecule has 108 valence electrons. The first-order chi connectivity index (χ1) is 9.88. The van der Waals surface area contributed by atoms with Crippen LogP contribution < -0.4 is 4.74 Å². The Bertz CT molecular complexity index is 733. The number of nitro benzene ring substituents is 1. The minimum atomic E-state index is -0.867. The van der Waals surface area contributed by atoms with E-state index in [1.54, 1.807) is 0 Å². The van der Waals surface area contributed by atoms with Crippen molar-refractivity contribution < 1.29 is 18.8 Å². The molecule has 0 aliphatic carbocycles. The number of nitro groups is 1. The van der Waals surface area contributed by atoms with Crippen molar-refractivity contribution in [2.45, 2.75) is 6.92 Å². The lowest BCUT2D eigenvalue weighted by Crippen LogP contribution is -2.10. The molecule has 0 radical (unpaired) electrons. The molecule has 0 fully saturated rings. The Morgan fingerprint density at radius 3 is 2.57 bits per heavy atom. The first kappa shape index (κ1) is 15.1. The van der Waals surface area contributed by atoms with Crippen molar-refractivity contribution in [2.24, 2.45) is 0 Å². The third-order valence-electron chi connectivity index (χ3n) is 2.73. The molecule has 0 atom stereocenters. The molecule has 0 saturated heterocycles. The number of carbonyl (C=O) groups is 1. The SMILES string of the molecule is Cc1cc(OC(=O)c2ccc(Br)cc2F)ccc1[N+](=O)[O-]. The zero-order valence-electron chi connectivity index (χ0n) is 10.8. The fourth-order valence-corrected chi connectivity index (χ4v) is 2.05. The van der Waals surface area contributed by atoms with Crippen molar-refractivity contribution in [1.29, 1.82) is 0 Å². The molecule has 0 N–H and O–H groups in total. The molecule has 0 aromatic heterocycles. The van der Waals surface area contributed by atoms with Crippen molar-refractivity contribution in [3.05, 3.63) is 67.9 Å². The summed E-state index contributed by atoms with van der Waals surface area (Å²) < 4.78 is 19.2. The Kier molecular flexibility index (Phi) is 4.32. The molecule has 0 heterocycles. The number of hydrogen-bond donors (Lipinski definition) is 0. The highest BCUT2D eigenvalue weighted by atomic mass is 79.9. The minimum absolute atomic E-state index is 0.0791. The number of nitrogens with zero attached hydrogens (tertiary/aromatic N) is 1. The third-order valence-corrected chi connectivity index (χ3v) is 3.22. The highest BCUT2D eigenvalue weighted by molar-refractivity contribution is 9.10. The van der Waals surface area contributed by atoms with Crippen LogP contribution in [-0.4, -0.2) is 10.9 Å². The van der Waals surface area contributed by atoms with Crippen molar-refractivity contribution in [1.82, 2.24) is 0 Å². The van der Waals surface area contributed by atoms with Gasteiger partial charge >= 0.3 is 5.97 Å². The van der Waals surface area contributed by atoms with E-state index in [1.165, 1.54) is 37.3 Å². The van der Waals surface area contributed by atoms with Gasteiger partial charge in [0, 0.05) is 16.1 Å². The molecule has 5 nitrogen and oxygen atoms in total. The van der Waals surface area contributed by atoms with Crippen molar-refractivity contribution in [3.8, 4) is 5.75 Å². The number of ether oxygens (including phenoxy) is 1. The molecule has 0 amide bonds. The van der Waals surface area contributed by atoms with E-state index in [9.17, 15) is 19.3 Å². The van der Waals surface area contributed by atoms with Crippen LogP contribution in [0, 0.1) is 22.9 Å². The standard InChI is InChI=1S/C14H9BrFNO4/c1-8-6-10(3-5-13(8)17(19)20)21-14(18)11-4-2-9(15)7-12(11)16/h2-7H,1H3. The number of aryl methyl sites for hydroxylation is 1. The predicted octanol–water partition coefficient (Wildman–Crippen LogP) is 4.02. The Morgan fingerprint density at radius 1 is 1.29 bits per heavy atom. The lowest BCUT2D eigenvalue weighted by molar-refractivity contribution is -0.385. The first-order valence-corrected chi connectivity index (χ1v) is 6.60. The number of esters is 1. The maximum Gasteiger partial charge on any atom is 0.346 e. The zero-order chi connectivity index (χ0) is 15.6. The van der Waals surface area contributed by atoms with Gasteiger partial charge in [0.2, 0.25) is 0 Å². The van der Waals surface area contributed by atoms with Gasteiger partial charge in [0.15, 0.2) is 0 Å². The van der Waals surface area contributed by atoms with Crippen molar-refractivity contribution in [2.75, 3.05) is 0 Å². The minimum Gasteiger partial charge on any atom is -0.423 e. The number of hydrogen-bond acceptors (Lipinski definition) is 4. The van der Waals surface area contributed by atoms with Gasteiger partial charge in [-0.2, -0.15) is 0 Å². The summed E-state index contributed by atoms with van der Waals surface area (Å²) in [7, 11) is 0. The van der Waals surface area contributed by atoms with Crippen LogP contribution in [0.3, 0.4) is 0 Å². The number of benzene rings is 2. The molecule has 2 aromatic carbocycles. The molecule has 0 unspecified atom stereocenters. The van der Waals surface area contributed by atoms with Crippen LogP contribution in [0.5, 0.6) is 5.75 Å². The molecular formula is C14H9BrFNO4. The number of rotatable bonds is 3. The van der Waals surface area contributed by atoms with Crippen LogP contribution in [0.1, 0.15) is 15.9 Å². The third kappa shape index (κ3) is 3.43. The molecule has 0 bridgehead atoms. The summed E-state index contributed by atoms with van der Waals surface area (Å²) in [5.74, 6) is -1.47. The van der Waals surface area contributed by atoms with Crippen LogP contribution >= 0.6 is 15.9 Å². The summed E-state index contributed by atoms with van der Waals surface area (Å²) in [5, 5.41) is 10.7. The van der Waals surface area contributed by atoms with E-state index in [0.29, 0.717) is 10.0 Å². The summed E-state index contributed by atoms with van der Waals surface area (Å²) in [5.41, 5.74) is 0.0559. The normalized spacial score (nSPS) is 10.2. The Hall–Kier alpha value is -2.28. The Labute approximate surface area is 127 Å². The average Bonchev–Trinajstić information content (AvgIpc) is 2.37. The second-order valence-corrected chi connectivity index (χ2v) is 5.13. The maximum absolute atomic E-state index is 13.6. The molecule has 2 rings (SSSR count). The van der Waals surface area contributed by atoms with E-state index in [0.717, 1.165) is 6.07 Å². The molecule has 7 heteroatoms. The van der Waals surface area contributed by atoms with Gasteiger partial charge in [-0.15, -0.1) is 0 Å². The van der Waals surface area contributed by atoms with E-state index in [-0.39, 0.29) is 17.0 Å². The topological polar surface area (TPSA) is 69.4 Å². The Morgan fingerprint density at radius 2 is 2.00 bits per heavy atom. The van der Waals surface area contributed by atoms with Gasteiger partial charge in [0.25, 0.3) is 5.69 Å². The molecule has 2 aromatic rings. The second-order valence-electron chi connectivity index (χ2n) is 4.22. The van der Waals surface area contributed by atoms with Gasteiger partial charge in [-0.05, 0) is 37.3 Å². The Balaban J connectivity index is 2.23. The van der Waals surface area contributed by atoms with Gasteiger partial charge in [0.05, 0.1) is 10.5 Å². The van der Waals surface area contributed by atoms with E-state index >= 15 is 0 Å². The smallest absolute Gasteiger partial charge is 0.346 e. The van der Waals surface area contributed by atoms with Gasteiger partial charge in [-0.3, -0.25) is 10.1 Å². The fourth-order valence-electron chi connectivity index (χ4n) is 1.71. The summed E-state index contributed by atoms with van der Waals surface area (Å²) in [6, 6.07) is 7.83. The quantitative estimate of drug-likeness (QED) is 0.361. The summed E-state index contributed by atoms with van der Waals surface area (Å²) >= 11 is 3.09. The molecule has 0 aliphatic rings. The molecule has 0 spiro atoms. The summed E-state index contributed by atoms with van der Waals surface area (Å²) in [6.45, 7) is 1.52. The van der Waals surface area contributed by atoms with E-state index < -0.39 is 16.7 Å². The lowest BCUT2D eigenvalue weighted by Gasteiger charge is -2.06. The van der Waals surface area contributed by atoms with Crippen LogP contribution in [0.25, 0.3) is 0 Å². The molecular weight excluding hydrogens is 345 g/mol. The summed E-state index contributed by atoms with van der Waals surface area (Å²) in [6.07, 6.45) is 0. The van der Waals surface area contributed by atoms with Crippen molar-refractivity contribution in [3.63, 3.8) is 0 Å². The first-order valence-electron chi connectivity index (χ1n) is 5.81. The van der Waals surface area contributed by atoms with E-state index in [1.807, 2.05) is 0 Å². The number of carbonyl (C=O) groups excluding carboxylic acids is 1. The highest BCUT2D eigenvalue weighted by Crippen LogP contribution is 2.24. The number of halogens is 2. The van der Waals surface area contributed by atoms with Crippen LogP contribution in [0.15, 0.2) is 40.9 Å². The van der Waals surface area contributed by atoms with E-state index in [4.69, 9.17) is 4.74 Å². The molecule has 0 aliphatic heterocycles. The molecule has 21 heavy (non-hydrogen) atoms. The lowest BCUT2D eigenvalue weighted by atomic mass is 10.2.